The van der Waals surface area contributed by atoms with Crippen molar-refractivity contribution in [1.82, 2.24) is 19.5 Å². The second-order valence-corrected chi connectivity index (χ2v) is 7.85. The first-order chi connectivity index (χ1) is 15.1. The van der Waals surface area contributed by atoms with Crippen molar-refractivity contribution in [2.45, 2.75) is 18.5 Å². The number of nitrogens with zero attached hydrogens (tertiary/aromatic N) is 4. The smallest absolute Gasteiger partial charge is 0.234 e. The number of aromatic nitrogens is 4. The van der Waals surface area contributed by atoms with Crippen LogP contribution in [0, 0.1) is 0 Å². The van der Waals surface area contributed by atoms with Crippen molar-refractivity contribution < 1.29 is 9.59 Å². The molecule has 0 radical (unpaired) electrons. The third-order valence-corrected chi connectivity index (χ3v) is 5.53. The Morgan fingerprint density at radius 2 is 1.65 bits per heavy atom. The molecule has 0 aliphatic rings. The summed E-state index contributed by atoms with van der Waals surface area (Å²) in [6.45, 7) is 1.51. The van der Waals surface area contributed by atoms with Gasteiger partial charge in [0, 0.05) is 30.1 Å². The van der Waals surface area contributed by atoms with E-state index in [4.69, 9.17) is 0 Å². The first kappa shape index (κ1) is 20.6. The normalized spacial score (nSPS) is 10.7. The number of carbonyl (C=O) groups is 2. The van der Waals surface area contributed by atoms with Gasteiger partial charge in [0.25, 0.3) is 0 Å². The first-order valence-corrected chi connectivity index (χ1v) is 10.7. The molecule has 0 saturated heterocycles. The number of nitrogens with one attached hydrogen (secondary N) is 1. The molecule has 0 spiro atoms. The van der Waals surface area contributed by atoms with Crippen LogP contribution in [-0.2, 0) is 11.2 Å². The van der Waals surface area contributed by atoms with Crippen LogP contribution < -0.4 is 5.32 Å². The van der Waals surface area contributed by atoms with Gasteiger partial charge in [0.1, 0.15) is 0 Å². The Labute approximate surface area is 184 Å². The van der Waals surface area contributed by atoms with E-state index in [-0.39, 0.29) is 17.4 Å². The quantitative estimate of drug-likeness (QED) is 0.338. The van der Waals surface area contributed by atoms with Gasteiger partial charge in [-0.05, 0) is 48.9 Å². The second-order valence-electron chi connectivity index (χ2n) is 6.91. The van der Waals surface area contributed by atoms with E-state index in [1.54, 1.807) is 24.3 Å². The molecule has 8 heteroatoms. The fourth-order valence-electron chi connectivity index (χ4n) is 3.08. The van der Waals surface area contributed by atoms with Crippen molar-refractivity contribution in [3.05, 3.63) is 96.1 Å². The maximum atomic E-state index is 12.4. The molecule has 0 fully saturated rings. The number of amides is 1. The lowest BCUT2D eigenvalue weighted by molar-refractivity contribution is -0.113. The number of carbonyl (C=O) groups excluding carboxylic acids is 2. The highest BCUT2D eigenvalue weighted by Crippen LogP contribution is 2.20. The molecule has 2 heterocycles. The van der Waals surface area contributed by atoms with Gasteiger partial charge in [0.05, 0.1) is 5.75 Å². The minimum absolute atomic E-state index is 0.0101. The largest absolute Gasteiger partial charge is 0.325 e. The van der Waals surface area contributed by atoms with Gasteiger partial charge < -0.3 is 5.32 Å². The molecule has 1 amide bonds. The summed E-state index contributed by atoms with van der Waals surface area (Å²) in [5, 5.41) is 12.2. The molecule has 156 valence electrons. The number of thioether (sulfide) groups is 1. The van der Waals surface area contributed by atoms with Crippen LogP contribution in [0.1, 0.15) is 28.7 Å². The SMILES string of the molecule is CC(=O)c1ccc(NC(=O)CSc2nnc(Cc3ccccc3)n2-n2cccc2)cc1. The summed E-state index contributed by atoms with van der Waals surface area (Å²) in [6.07, 6.45) is 4.46. The number of hydrogen-bond donors (Lipinski definition) is 1. The third kappa shape index (κ3) is 5.10. The predicted molar refractivity (Wildman–Crippen MR) is 120 cm³/mol. The molecule has 7 nitrogen and oxygen atoms in total. The summed E-state index contributed by atoms with van der Waals surface area (Å²) >= 11 is 1.31. The number of anilines is 1. The number of hydrogen-bond acceptors (Lipinski definition) is 5. The average molecular weight is 432 g/mol. The number of rotatable bonds is 8. The van der Waals surface area contributed by atoms with Gasteiger partial charge in [0.15, 0.2) is 11.6 Å². The Balaban J connectivity index is 1.46. The van der Waals surface area contributed by atoms with Gasteiger partial charge in [-0.15, -0.1) is 10.2 Å². The Kier molecular flexibility index (Phi) is 6.28. The lowest BCUT2D eigenvalue weighted by Crippen LogP contribution is -2.16. The molecule has 0 aliphatic heterocycles. The summed E-state index contributed by atoms with van der Waals surface area (Å²) in [5.41, 5.74) is 2.39. The molecule has 2 aromatic carbocycles. The van der Waals surface area contributed by atoms with Crippen LogP contribution in [0.2, 0.25) is 0 Å². The zero-order valence-corrected chi connectivity index (χ0v) is 17.7. The minimum Gasteiger partial charge on any atom is -0.325 e. The van der Waals surface area contributed by atoms with Gasteiger partial charge in [-0.3, -0.25) is 14.3 Å². The topological polar surface area (TPSA) is 81.8 Å². The van der Waals surface area contributed by atoms with Crippen molar-refractivity contribution in [3.63, 3.8) is 0 Å². The van der Waals surface area contributed by atoms with Gasteiger partial charge in [-0.25, -0.2) is 4.68 Å². The Hall–Kier alpha value is -3.65. The zero-order valence-electron chi connectivity index (χ0n) is 16.9. The van der Waals surface area contributed by atoms with Crippen LogP contribution in [0.25, 0.3) is 0 Å². The molecular weight excluding hydrogens is 410 g/mol. The maximum Gasteiger partial charge on any atom is 0.234 e. The van der Waals surface area contributed by atoms with Crippen LogP contribution in [-0.4, -0.2) is 37.0 Å². The fraction of sp³-hybridized carbons (Fsp3) is 0.130. The summed E-state index contributed by atoms with van der Waals surface area (Å²) in [7, 11) is 0. The highest BCUT2D eigenvalue weighted by Gasteiger charge is 2.16. The van der Waals surface area contributed by atoms with Crippen molar-refractivity contribution in [3.8, 4) is 0 Å². The zero-order chi connectivity index (χ0) is 21.6. The highest BCUT2D eigenvalue weighted by molar-refractivity contribution is 7.99. The van der Waals surface area contributed by atoms with E-state index in [9.17, 15) is 9.59 Å². The molecule has 0 unspecified atom stereocenters. The van der Waals surface area contributed by atoms with Crippen LogP contribution in [0.3, 0.4) is 0 Å². The molecule has 1 N–H and O–H groups in total. The van der Waals surface area contributed by atoms with E-state index in [0.29, 0.717) is 22.8 Å². The average Bonchev–Trinajstić information content (AvgIpc) is 3.43. The van der Waals surface area contributed by atoms with E-state index >= 15 is 0 Å². The number of benzene rings is 2. The van der Waals surface area contributed by atoms with E-state index in [2.05, 4.69) is 15.5 Å². The Morgan fingerprint density at radius 3 is 2.32 bits per heavy atom. The molecule has 2 aromatic heterocycles. The molecular formula is C23H21N5O2S. The summed E-state index contributed by atoms with van der Waals surface area (Å²) in [6, 6.07) is 20.8. The summed E-state index contributed by atoms with van der Waals surface area (Å²) < 4.78 is 3.81. The lowest BCUT2D eigenvalue weighted by atomic mass is 10.1. The number of ketones is 1. The van der Waals surface area contributed by atoms with E-state index in [1.165, 1.54) is 18.7 Å². The van der Waals surface area contributed by atoms with Crippen molar-refractivity contribution in [2.24, 2.45) is 0 Å². The van der Waals surface area contributed by atoms with Crippen molar-refractivity contribution in [1.29, 1.82) is 0 Å². The minimum atomic E-state index is -0.160. The van der Waals surface area contributed by atoms with E-state index in [0.717, 1.165) is 11.4 Å². The van der Waals surface area contributed by atoms with Crippen LogP contribution >= 0.6 is 11.8 Å². The fourth-order valence-corrected chi connectivity index (χ4v) is 3.83. The van der Waals surface area contributed by atoms with Gasteiger partial charge in [-0.2, -0.15) is 0 Å². The third-order valence-electron chi connectivity index (χ3n) is 4.61. The molecule has 0 aliphatic carbocycles. The highest BCUT2D eigenvalue weighted by atomic mass is 32.2. The molecule has 4 rings (SSSR count). The van der Waals surface area contributed by atoms with Crippen LogP contribution in [0.4, 0.5) is 5.69 Å². The van der Waals surface area contributed by atoms with Crippen molar-refractivity contribution >= 4 is 29.1 Å². The Bertz CT molecular complexity index is 1170. The van der Waals surface area contributed by atoms with Crippen LogP contribution in [0.15, 0.2) is 84.3 Å². The van der Waals surface area contributed by atoms with Gasteiger partial charge in [0.2, 0.25) is 11.1 Å². The van der Waals surface area contributed by atoms with E-state index < -0.39 is 0 Å². The van der Waals surface area contributed by atoms with Crippen molar-refractivity contribution in [2.75, 3.05) is 11.1 Å². The molecule has 0 bridgehead atoms. The van der Waals surface area contributed by atoms with Gasteiger partial charge in [-0.1, -0.05) is 42.1 Å². The molecule has 0 atom stereocenters. The Morgan fingerprint density at radius 1 is 0.935 bits per heavy atom. The maximum absolute atomic E-state index is 12.4. The first-order valence-electron chi connectivity index (χ1n) is 9.75. The predicted octanol–water partition coefficient (Wildman–Crippen LogP) is 3.92. The molecule has 31 heavy (non-hydrogen) atoms. The van der Waals surface area contributed by atoms with Gasteiger partial charge >= 0.3 is 0 Å². The standard InChI is InChI=1S/C23H21N5O2S/c1-17(29)19-9-11-20(12-10-19)24-22(30)16-31-23-26-25-21(15-18-7-3-2-4-8-18)28(23)27-13-5-6-14-27/h2-14H,15-16H2,1H3,(H,24,30). The number of Topliss-reactive ketones (excluding diaryl/α,β-unsaturated/α-hetero) is 1. The molecule has 4 aromatic rings. The van der Waals surface area contributed by atoms with Crippen LogP contribution in [0.5, 0.6) is 0 Å². The lowest BCUT2D eigenvalue weighted by Gasteiger charge is -2.11. The summed E-state index contributed by atoms with van der Waals surface area (Å²) in [5.74, 6) is 0.792. The van der Waals surface area contributed by atoms with E-state index in [1.807, 2.05) is 64.2 Å². The summed E-state index contributed by atoms with van der Waals surface area (Å²) in [4.78, 5) is 23.8. The monoisotopic (exact) mass is 431 g/mol. The molecule has 0 saturated carbocycles. The second kappa shape index (κ2) is 9.44.